The lowest BCUT2D eigenvalue weighted by atomic mass is 9.83. The lowest BCUT2D eigenvalue weighted by Crippen LogP contribution is -2.36. The van der Waals surface area contributed by atoms with E-state index in [1.54, 1.807) is 0 Å². The van der Waals surface area contributed by atoms with Crippen molar-refractivity contribution < 1.29 is 14.2 Å². The average Bonchev–Trinajstić information content (AvgIpc) is 2.24. The number of nitrogens with two attached hydrogens (primary N) is 1. The molecule has 1 fully saturated rings. The molecular formula is C10H13FN4O2. The van der Waals surface area contributed by atoms with Gasteiger partial charge in [0.1, 0.15) is 11.9 Å². The molecule has 1 heterocycles. The summed E-state index contributed by atoms with van der Waals surface area (Å²) in [5.74, 6) is -0.871. The van der Waals surface area contributed by atoms with E-state index in [0.717, 1.165) is 6.20 Å². The van der Waals surface area contributed by atoms with Crippen molar-refractivity contribution in [3.05, 3.63) is 17.8 Å². The SMILES string of the molecule is N=C(N)c1nc(F)cnc1OC1CC(CO)C1. The van der Waals surface area contributed by atoms with Crippen LogP contribution in [0.2, 0.25) is 0 Å². The highest BCUT2D eigenvalue weighted by Gasteiger charge is 2.31. The Hall–Kier alpha value is -1.76. The predicted octanol–water partition coefficient (Wildman–Crippen LogP) is 0.0495. The molecule has 1 aliphatic carbocycles. The Morgan fingerprint density at radius 2 is 2.35 bits per heavy atom. The minimum atomic E-state index is -0.801. The molecule has 1 aromatic heterocycles. The molecule has 0 radical (unpaired) electrons. The largest absolute Gasteiger partial charge is 0.473 e. The molecule has 0 aliphatic heterocycles. The van der Waals surface area contributed by atoms with Crippen molar-refractivity contribution in [1.82, 2.24) is 9.97 Å². The van der Waals surface area contributed by atoms with Crippen molar-refractivity contribution in [3.8, 4) is 5.88 Å². The number of halogens is 1. The maximum atomic E-state index is 12.8. The summed E-state index contributed by atoms with van der Waals surface area (Å²) >= 11 is 0. The van der Waals surface area contributed by atoms with Crippen molar-refractivity contribution in [1.29, 1.82) is 5.41 Å². The van der Waals surface area contributed by atoms with E-state index < -0.39 is 5.95 Å². The fourth-order valence-corrected chi connectivity index (χ4v) is 1.70. The fourth-order valence-electron chi connectivity index (χ4n) is 1.70. The van der Waals surface area contributed by atoms with Crippen LogP contribution < -0.4 is 10.5 Å². The topological polar surface area (TPSA) is 105 Å². The van der Waals surface area contributed by atoms with Gasteiger partial charge in [0, 0.05) is 6.61 Å². The Kier molecular flexibility index (Phi) is 3.19. The van der Waals surface area contributed by atoms with Crippen molar-refractivity contribution in [2.75, 3.05) is 6.61 Å². The molecule has 0 saturated heterocycles. The Morgan fingerprint density at radius 3 is 2.94 bits per heavy atom. The van der Waals surface area contributed by atoms with E-state index in [4.69, 9.17) is 21.0 Å². The number of nitrogen functional groups attached to an aromatic ring is 1. The van der Waals surface area contributed by atoms with Gasteiger partial charge in [-0.1, -0.05) is 0 Å². The summed E-state index contributed by atoms with van der Waals surface area (Å²) in [4.78, 5) is 7.20. The molecule has 6 nitrogen and oxygen atoms in total. The van der Waals surface area contributed by atoms with E-state index in [1.807, 2.05) is 0 Å². The molecular weight excluding hydrogens is 227 g/mol. The van der Waals surface area contributed by atoms with Gasteiger partial charge in [-0.2, -0.15) is 4.39 Å². The molecule has 2 rings (SSSR count). The molecule has 7 heteroatoms. The second kappa shape index (κ2) is 4.62. The van der Waals surface area contributed by atoms with Crippen LogP contribution in [-0.4, -0.2) is 33.6 Å². The summed E-state index contributed by atoms with van der Waals surface area (Å²) in [6, 6.07) is 0. The second-order valence-corrected chi connectivity index (χ2v) is 4.02. The Bertz CT molecular complexity index is 434. The van der Waals surface area contributed by atoms with Crippen LogP contribution in [0.4, 0.5) is 4.39 Å². The average molecular weight is 240 g/mol. The van der Waals surface area contributed by atoms with Crippen LogP contribution in [0.15, 0.2) is 6.20 Å². The molecule has 1 saturated carbocycles. The van der Waals surface area contributed by atoms with Crippen molar-refractivity contribution in [2.24, 2.45) is 11.7 Å². The summed E-state index contributed by atoms with van der Waals surface area (Å²) in [6.45, 7) is 0.133. The van der Waals surface area contributed by atoms with E-state index in [1.165, 1.54) is 0 Å². The molecule has 0 bridgehead atoms. The Balaban J connectivity index is 2.08. The molecule has 92 valence electrons. The number of aliphatic hydroxyl groups is 1. The predicted molar refractivity (Wildman–Crippen MR) is 57.2 cm³/mol. The molecule has 17 heavy (non-hydrogen) atoms. The zero-order chi connectivity index (χ0) is 12.4. The van der Waals surface area contributed by atoms with Crippen LogP contribution in [-0.2, 0) is 0 Å². The number of rotatable bonds is 4. The number of nitrogens with one attached hydrogen (secondary N) is 1. The van der Waals surface area contributed by atoms with Gasteiger partial charge in [0.05, 0.1) is 6.20 Å². The van der Waals surface area contributed by atoms with Crippen LogP contribution in [0.5, 0.6) is 5.88 Å². The minimum Gasteiger partial charge on any atom is -0.473 e. The van der Waals surface area contributed by atoms with Gasteiger partial charge in [0.15, 0.2) is 5.69 Å². The van der Waals surface area contributed by atoms with Crippen LogP contribution in [0, 0.1) is 17.3 Å². The monoisotopic (exact) mass is 240 g/mol. The molecule has 1 aromatic rings. The highest BCUT2D eigenvalue weighted by Crippen LogP contribution is 2.30. The normalized spacial score (nSPS) is 22.9. The first-order valence-corrected chi connectivity index (χ1v) is 5.24. The third-order valence-corrected chi connectivity index (χ3v) is 2.69. The van der Waals surface area contributed by atoms with Crippen LogP contribution in [0.3, 0.4) is 0 Å². The van der Waals surface area contributed by atoms with Gasteiger partial charge in [-0.05, 0) is 18.8 Å². The van der Waals surface area contributed by atoms with Gasteiger partial charge in [-0.15, -0.1) is 0 Å². The Labute approximate surface area is 97.2 Å². The number of hydrogen-bond acceptors (Lipinski definition) is 5. The number of amidine groups is 1. The maximum Gasteiger partial charge on any atom is 0.244 e. The fraction of sp³-hybridized carbons (Fsp3) is 0.500. The first-order chi connectivity index (χ1) is 8.10. The molecule has 4 N–H and O–H groups in total. The van der Waals surface area contributed by atoms with E-state index >= 15 is 0 Å². The van der Waals surface area contributed by atoms with Crippen LogP contribution in [0.1, 0.15) is 18.5 Å². The summed E-state index contributed by atoms with van der Waals surface area (Å²) in [6.07, 6.45) is 2.27. The number of aromatic nitrogens is 2. The molecule has 0 aromatic carbocycles. The molecule has 0 atom stereocenters. The standard InChI is InChI=1S/C10H13FN4O2/c11-7-3-14-10(8(15-7)9(12)13)17-6-1-5(2-6)4-16/h3,5-6,16H,1-2,4H2,(H3,12,13). The van der Waals surface area contributed by atoms with E-state index in [9.17, 15) is 4.39 Å². The second-order valence-electron chi connectivity index (χ2n) is 4.02. The molecule has 1 aliphatic rings. The third kappa shape index (κ3) is 2.50. The quantitative estimate of drug-likeness (QED) is 0.509. The summed E-state index contributed by atoms with van der Waals surface area (Å²) in [5.41, 5.74) is 5.18. The van der Waals surface area contributed by atoms with Crippen molar-refractivity contribution in [2.45, 2.75) is 18.9 Å². The van der Waals surface area contributed by atoms with Gasteiger partial charge in [0.2, 0.25) is 11.8 Å². The molecule has 0 spiro atoms. The lowest BCUT2D eigenvalue weighted by molar-refractivity contribution is 0.0290. The van der Waals surface area contributed by atoms with Gasteiger partial charge >= 0.3 is 0 Å². The highest BCUT2D eigenvalue weighted by molar-refractivity contribution is 5.95. The minimum absolute atomic E-state index is 0.0697. The zero-order valence-corrected chi connectivity index (χ0v) is 9.06. The molecule has 0 amide bonds. The number of ether oxygens (including phenoxy) is 1. The summed E-state index contributed by atoms with van der Waals surface area (Å²) in [5, 5.41) is 16.1. The van der Waals surface area contributed by atoms with Gasteiger partial charge in [-0.3, -0.25) is 5.41 Å². The van der Waals surface area contributed by atoms with E-state index in [2.05, 4.69) is 9.97 Å². The van der Waals surface area contributed by atoms with Gasteiger partial charge < -0.3 is 15.6 Å². The van der Waals surface area contributed by atoms with Crippen molar-refractivity contribution >= 4 is 5.84 Å². The maximum absolute atomic E-state index is 12.8. The summed E-state index contributed by atoms with van der Waals surface area (Å²) in [7, 11) is 0. The lowest BCUT2D eigenvalue weighted by Gasteiger charge is -2.33. The first-order valence-electron chi connectivity index (χ1n) is 5.24. The van der Waals surface area contributed by atoms with E-state index in [0.29, 0.717) is 12.8 Å². The molecule has 0 unspecified atom stereocenters. The van der Waals surface area contributed by atoms with E-state index in [-0.39, 0.29) is 36.0 Å². The number of hydrogen-bond donors (Lipinski definition) is 3. The first kappa shape index (κ1) is 11.7. The number of nitrogens with zero attached hydrogens (tertiary/aromatic N) is 2. The third-order valence-electron chi connectivity index (χ3n) is 2.69. The van der Waals surface area contributed by atoms with Crippen LogP contribution in [0.25, 0.3) is 0 Å². The van der Waals surface area contributed by atoms with Crippen LogP contribution >= 0.6 is 0 Å². The summed E-state index contributed by atoms with van der Waals surface area (Å²) < 4.78 is 18.3. The Morgan fingerprint density at radius 1 is 1.65 bits per heavy atom. The van der Waals surface area contributed by atoms with Crippen molar-refractivity contribution in [3.63, 3.8) is 0 Å². The zero-order valence-electron chi connectivity index (χ0n) is 9.06. The van der Waals surface area contributed by atoms with Gasteiger partial charge in [0.25, 0.3) is 0 Å². The van der Waals surface area contributed by atoms with Gasteiger partial charge in [-0.25, -0.2) is 9.97 Å². The highest BCUT2D eigenvalue weighted by atomic mass is 19.1. The smallest absolute Gasteiger partial charge is 0.244 e. The number of aliphatic hydroxyl groups excluding tert-OH is 1.